The summed E-state index contributed by atoms with van der Waals surface area (Å²) in [5.74, 6) is 0.755. The minimum Gasteiger partial charge on any atom is -0.467 e. The van der Waals surface area contributed by atoms with Crippen molar-refractivity contribution < 1.29 is 17.6 Å². The highest BCUT2D eigenvalue weighted by Crippen LogP contribution is 2.30. The summed E-state index contributed by atoms with van der Waals surface area (Å²) in [6.07, 6.45) is -2.29. The van der Waals surface area contributed by atoms with Crippen molar-refractivity contribution in [1.82, 2.24) is 5.32 Å². The van der Waals surface area contributed by atoms with Crippen molar-refractivity contribution in [2.45, 2.75) is 25.6 Å². The van der Waals surface area contributed by atoms with Gasteiger partial charge in [0.2, 0.25) is 0 Å². The Bertz CT molecular complexity index is 574. The number of halogens is 3. The van der Waals surface area contributed by atoms with E-state index in [0.29, 0.717) is 12.0 Å². The molecule has 0 fully saturated rings. The molecule has 1 N–H and O–H groups in total. The van der Waals surface area contributed by atoms with Crippen LogP contribution in [0.25, 0.3) is 0 Å². The second-order valence-electron chi connectivity index (χ2n) is 4.71. The van der Waals surface area contributed by atoms with E-state index in [1.807, 2.05) is 13.0 Å². The van der Waals surface area contributed by atoms with Crippen LogP contribution in [-0.4, -0.2) is 7.05 Å². The molecule has 0 aliphatic carbocycles. The monoisotopic (exact) mass is 283 g/mol. The number of likely N-dealkylation sites (N-methyl/N-ethyl adjacent to an activating group) is 1. The highest BCUT2D eigenvalue weighted by molar-refractivity contribution is 5.28. The molecule has 0 amide bonds. The number of rotatable bonds is 4. The Morgan fingerprint density at radius 2 is 2.00 bits per heavy atom. The molecule has 0 spiro atoms. The summed E-state index contributed by atoms with van der Waals surface area (Å²) in [4.78, 5) is 0. The lowest BCUT2D eigenvalue weighted by Gasteiger charge is -2.16. The van der Waals surface area contributed by atoms with Crippen molar-refractivity contribution in [2.24, 2.45) is 0 Å². The zero-order valence-electron chi connectivity index (χ0n) is 11.3. The van der Waals surface area contributed by atoms with E-state index >= 15 is 0 Å². The first-order chi connectivity index (χ1) is 9.41. The van der Waals surface area contributed by atoms with Gasteiger partial charge in [0.15, 0.2) is 0 Å². The first kappa shape index (κ1) is 14.7. The average molecular weight is 283 g/mol. The van der Waals surface area contributed by atoms with Gasteiger partial charge in [-0.25, -0.2) is 0 Å². The molecule has 20 heavy (non-hydrogen) atoms. The van der Waals surface area contributed by atoms with Crippen LogP contribution in [0.1, 0.15) is 28.5 Å². The van der Waals surface area contributed by atoms with Gasteiger partial charge in [-0.05, 0) is 43.7 Å². The molecule has 1 aromatic heterocycles. The van der Waals surface area contributed by atoms with E-state index in [1.54, 1.807) is 19.4 Å². The van der Waals surface area contributed by atoms with E-state index in [1.165, 1.54) is 12.1 Å². The van der Waals surface area contributed by atoms with Crippen LogP contribution in [0.2, 0.25) is 0 Å². The minimum atomic E-state index is -4.31. The van der Waals surface area contributed by atoms with Gasteiger partial charge < -0.3 is 9.73 Å². The van der Waals surface area contributed by atoms with Crippen LogP contribution < -0.4 is 5.32 Å². The van der Waals surface area contributed by atoms with E-state index in [-0.39, 0.29) is 6.04 Å². The maximum absolute atomic E-state index is 12.7. The fourth-order valence-electron chi connectivity index (χ4n) is 2.18. The third-order valence-corrected chi connectivity index (χ3v) is 3.26. The first-order valence-corrected chi connectivity index (χ1v) is 6.29. The molecule has 2 aromatic rings. The van der Waals surface area contributed by atoms with Gasteiger partial charge in [0.1, 0.15) is 5.76 Å². The molecule has 1 unspecified atom stereocenters. The van der Waals surface area contributed by atoms with Crippen LogP contribution in [0.3, 0.4) is 0 Å². The van der Waals surface area contributed by atoms with Crippen LogP contribution in [0, 0.1) is 6.92 Å². The predicted octanol–water partition coefficient (Wildman–Crippen LogP) is 4.11. The molecule has 1 aromatic carbocycles. The van der Waals surface area contributed by atoms with E-state index in [4.69, 9.17) is 4.42 Å². The highest BCUT2D eigenvalue weighted by Gasteiger charge is 2.30. The number of alkyl halides is 3. The summed E-state index contributed by atoms with van der Waals surface area (Å²) >= 11 is 0. The van der Waals surface area contributed by atoms with E-state index < -0.39 is 11.7 Å². The van der Waals surface area contributed by atoms with E-state index in [0.717, 1.165) is 17.4 Å². The quantitative estimate of drug-likeness (QED) is 0.913. The summed E-state index contributed by atoms with van der Waals surface area (Å²) in [5.41, 5.74) is 0.979. The Morgan fingerprint density at radius 3 is 2.55 bits per heavy atom. The van der Waals surface area contributed by atoms with Crippen LogP contribution in [0.15, 0.2) is 41.0 Å². The van der Waals surface area contributed by atoms with Crippen LogP contribution in [-0.2, 0) is 12.6 Å². The lowest BCUT2D eigenvalue weighted by atomic mass is 10.0. The predicted molar refractivity (Wildman–Crippen MR) is 70.4 cm³/mol. The number of benzene rings is 1. The normalized spacial score (nSPS) is 13.4. The Balaban J connectivity index is 2.23. The van der Waals surface area contributed by atoms with Gasteiger partial charge in [0.25, 0.3) is 0 Å². The Labute approximate surface area is 115 Å². The van der Waals surface area contributed by atoms with Crippen LogP contribution in [0.4, 0.5) is 13.2 Å². The molecule has 0 aliphatic rings. The van der Waals surface area contributed by atoms with Crippen molar-refractivity contribution in [3.05, 3.63) is 59.0 Å². The molecule has 5 heteroatoms. The van der Waals surface area contributed by atoms with Gasteiger partial charge >= 0.3 is 6.18 Å². The van der Waals surface area contributed by atoms with Gasteiger partial charge in [0, 0.05) is 0 Å². The van der Waals surface area contributed by atoms with E-state index in [9.17, 15) is 13.2 Å². The van der Waals surface area contributed by atoms with Gasteiger partial charge in [-0.15, -0.1) is 0 Å². The van der Waals surface area contributed by atoms with Gasteiger partial charge in [-0.2, -0.15) is 13.2 Å². The molecule has 0 saturated carbocycles. The van der Waals surface area contributed by atoms with Crippen molar-refractivity contribution in [2.75, 3.05) is 7.05 Å². The molecule has 0 aliphatic heterocycles. The van der Waals surface area contributed by atoms with Gasteiger partial charge in [-0.3, -0.25) is 0 Å². The number of hydrogen-bond acceptors (Lipinski definition) is 2. The molecule has 1 heterocycles. The smallest absolute Gasteiger partial charge is 0.416 e. The van der Waals surface area contributed by atoms with Crippen molar-refractivity contribution >= 4 is 0 Å². The summed E-state index contributed by atoms with van der Waals surface area (Å²) in [6, 6.07) is 7.08. The average Bonchev–Trinajstić information content (AvgIpc) is 2.81. The second kappa shape index (κ2) is 5.71. The summed E-state index contributed by atoms with van der Waals surface area (Å²) in [6.45, 7) is 1.91. The van der Waals surface area contributed by atoms with Crippen molar-refractivity contribution in [3.8, 4) is 0 Å². The summed E-state index contributed by atoms with van der Waals surface area (Å²) < 4.78 is 43.5. The topological polar surface area (TPSA) is 25.2 Å². The number of hydrogen-bond donors (Lipinski definition) is 1. The van der Waals surface area contributed by atoms with Crippen LogP contribution >= 0.6 is 0 Å². The lowest BCUT2D eigenvalue weighted by molar-refractivity contribution is -0.137. The Morgan fingerprint density at radius 1 is 1.25 bits per heavy atom. The molecule has 2 nitrogen and oxygen atoms in total. The molecule has 0 radical (unpaired) electrons. The SMILES string of the molecule is CNC(Cc1cccc(C(F)(F)F)c1)c1occc1C. The largest absolute Gasteiger partial charge is 0.467 e. The molecule has 2 rings (SSSR count). The molecule has 0 saturated heterocycles. The zero-order valence-corrected chi connectivity index (χ0v) is 11.3. The van der Waals surface area contributed by atoms with Crippen molar-refractivity contribution in [1.29, 1.82) is 0 Å². The number of aryl methyl sites for hydroxylation is 1. The Kier molecular flexibility index (Phi) is 4.18. The maximum atomic E-state index is 12.7. The number of nitrogens with one attached hydrogen (secondary N) is 1. The van der Waals surface area contributed by atoms with E-state index in [2.05, 4.69) is 5.32 Å². The summed E-state index contributed by atoms with van der Waals surface area (Å²) in [7, 11) is 1.76. The number of furan rings is 1. The maximum Gasteiger partial charge on any atom is 0.416 e. The first-order valence-electron chi connectivity index (χ1n) is 6.29. The standard InChI is InChI=1S/C15H16F3NO/c1-10-6-7-20-14(10)13(19-2)9-11-4-3-5-12(8-11)15(16,17)18/h3-8,13,19H,9H2,1-2H3. The van der Waals surface area contributed by atoms with Crippen molar-refractivity contribution in [3.63, 3.8) is 0 Å². The fraction of sp³-hybridized carbons (Fsp3) is 0.333. The van der Waals surface area contributed by atoms with Gasteiger partial charge in [0.05, 0.1) is 17.9 Å². The second-order valence-corrected chi connectivity index (χ2v) is 4.71. The highest BCUT2D eigenvalue weighted by atomic mass is 19.4. The molecule has 0 bridgehead atoms. The molecular weight excluding hydrogens is 267 g/mol. The lowest BCUT2D eigenvalue weighted by Crippen LogP contribution is -2.19. The van der Waals surface area contributed by atoms with Crippen LogP contribution in [0.5, 0.6) is 0 Å². The third-order valence-electron chi connectivity index (χ3n) is 3.26. The zero-order chi connectivity index (χ0) is 14.8. The minimum absolute atomic E-state index is 0.145. The molecule has 108 valence electrons. The van der Waals surface area contributed by atoms with Gasteiger partial charge in [-0.1, -0.05) is 18.2 Å². The summed E-state index contributed by atoms with van der Waals surface area (Å²) in [5, 5.41) is 3.08. The molecule has 1 atom stereocenters. The Hall–Kier alpha value is -1.75. The third kappa shape index (κ3) is 3.22. The molecular formula is C15H16F3NO. The fourth-order valence-corrected chi connectivity index (χ4v) is 2.18.